The first-order valence-corrected chi connectivity index (χ1v) is 6.51. The summed E-state index contributed by atoms with van der Waals surface area (Å²) in [6.45, 7) is -0.237. The molecule has 0 saturated carbocycles. The SMILES string of the molecule is O=C(Cn1ccccc1=O)N/N=C\c1cccc(C(F)(F)F)c1. The summed E-state index contributed by atoms with van der Waals surface area (Å²) in [4.78, 5) is 23.0. The van der Waals surface area contributed by atoms with Gasteiger partial charge in [0.05, 0.1) is 11.8 Å². The molecule has 23 heavy (non-hydrogen) atoms. The number of pyridine rings is 1. The van der Waals surface area contributed by atoms with Crippen LogP contribution in [-0.2, 0) is 17.5 Å². The van der Waals surface area contributed by atoms with Crippen LogP contribution in [0.2, 0.25) is 0 Å². The molecule has 0 atom stereocenters. The molecule has 120 valence electrons. The van der Waals surface area contributed by atoms with Gasteiger partial charge >= 0.3 is 6.18 Å². The van der Waals surface area contributed by atoms with E-state index in [-0.39, 0.29) is 17.7 Å². The number of halogens is 3. The molecule has 0 saturated heterocycles. The maximum absolute atomic E-state index is 12.6. The molecule has 1 amide bonds. The van der Waals surface area contributed by atoms with E-state index in [1.807, 2.05) is 0 Å². The highest BCUT2D eigenvalue weighted by molar-refractivity contribution is 5.82. The second-order valence-corrected chi connectivity index (χ2v) is 4.58. The Morgan fingerprint density at radius 1 is 1.22 bits per heavy atom. The molecule has 0 aliphatic rings. The standard InChI is InChI=1S/C15H12F3N3O2/c16-15(17,18)12-5-3-4-11(8-12)9-19-20-13(22)10-21-7-2-1-6-14(21)23/h1-9H,10H2,(H,20,22)/b19-9-. The van der Waals surface area contributed by atoms with Gasteiger partial charge in [-0.05, 0) is 23.8 Å². The average molecular weight is 323 g/mol. The molecule has 0 bridgehead atoms. The minimum Gasteiger partial charge on any atom is -0.306 e. The summed E-state index contributed by atoms with van der Waals surface area (Å²) in [5.41, 5.74) is 1.20. The molecule has 2 rings (SSSR count). The van der Waals surface area contributed by atoms with Gasteiger partial charge in [0.2, 0.25) is 0 Å². The van der Waals surface area contributed by atoms with Crippen molar-refractivity contribution in [2.24, 2.45) is 5.10 Å². The molecule has 2 aromatic rings. The Bertz CT molecular complexity index is 782. The molecule has 0 unspecified atom stereocenters. The smallest absolute Gasteiger partial charge is 0.306 e. The van der Waals surface area contributed by atoms with Gasteiger partial charge in [-0.3, -0.25) is 9.59 Å². The fourth-order valence-corrected chi connectivity index (χ4v) is 1.76. The monoisotopic (exact) mass is 323 g/mol. The van der Waals surface area contributed by atoms with Crippen molar-refractivity contribution in [2.45, 2.75) is 12.7 Å². The predicted molar refractivity (Wildman–Crippen MR) is 77.9 cm³/mol. The van der Waals surface area contributed by atoms with Crippen molar-refractivity contribution in [3.8, 4) is 0 Å². The Morgan fingerprint density at radius 3 is 2.70 bits per heavy atom. The van der Waals surface area contributed by atoms with E-state index in [0.717, 1.165) is 18.3 Å². The van der Waals surface area contributed by atoms with Gasteiger partial charge in [-0.15, -0.1) is 0 Å². The van der Waals surface area contributed by atoms with Crippen LogP contribution in [0.5, 0.6) is 0 Å². The molecule has 1 N–H and O–H groups in total. The van der Waals surface area contributed by atoms with Crippen LogP contribution in [0.4, 0.5) is 13.2 Å². The first-order valence-electron chi connectivity index (χ1n) is 6.51. The molecule has 5 nitrogen and oxygen atoms in total. The lowest BCUT2D eigenvalue weighted by molar-refractivity contribution is -0.137. The van der Waals surface area contributed by atoms with Crippen LogP contribution in [0.15, 0.2) is 58.6 Å². The van der Waals surface area contributed by atoms with Crippen LogP contribution >= 0.6 is 0 Å². The van der Waals surface area contributed by atoms with Gasteiger partial charge in [0, 0.05) is 12.3 Å². The Hall–Kier alpha value is -2.90. The number of hydrogen-bond acceptors (Lipinski definition) is 3. The van der Waals surface area contributed by atoms with Crippen molar-refractivity contribution in [1.29, 1.82) is 0 Å². The van der Waals surface area contributed by atoms with E-state index in [4.69, 9.17) is 0 Å². The molecule has 0 aliphatic carbocycles. The number of benzene rings is 1. The molecule has 1 heterocycles. The normalized spacial score (nSPS) is 11.6. The highest BCUT2D eigenvalue weighted by atomic mass is 19.4. The van der Waals surface area contributed by atoms with Crippen molar-refractivity contribution < 1.29 is 18.0 Å². The molecular weight excluding hydrogens is 311 g/mol. The number of aromatic nitrogens is 1. The highest BCUT2D eigenvalue weighted by Crippen LogP contribution is 2.29. The second-order valence-electron chi connectivity index (χ2n) is 4.58. The van der Waals surface area contributed by atoms with Crippen molar-refractivity contribution in [3.05, 3.63) is 70.1 Å². The number of amides is 1. The molecule has 0 fully saturated rings. The highest BCUT2D eigenvalue weighted by Gasteiger charge is 2.30. The zero-order valence-electron chi connectivity index (χ0n) is 11.7. The minimum absolute atomic E-state index is 0.192. The van der Waals surface area contributed by atoms with Crippen LogP contribution in [0.1, 0.15) is 11.1 Å². The first kappa shape index (κ1) is 16.5. The van der Waals surface area contributed by atoms with Gasteiger partial charge in [-0.1, -0.05) is 18.2 Å². The molecule has 1 aromatic carbocycles. The number of hydrazone groups is 1. The zero-order chi connectivity index (χ0) is 16.9. The zero-order valence-corrected chi connectivity index (χ0v) is 11.7. The van der Waals surface area contributed by atoms with Gasteiger partial charge in [-0.25, -0.2) is 5.43 Å². The Kier molecular flexibility index (Phi) is 4.95. The Labute approximate surface area is 129 Å². The third-order valence-corrected chi connectivity index (χ3v) is 2.83. The molecule has 1 aromatic heterocycles. The fraction of sp³-hybridized carbons (Fsp3) is 0.133. The second kappa shape index (κ2) is 6.91. The molecule has 0 spiro atoms. The quantitative estimate of drug-likeness (QED) is 0.691. The summed E-state index contributed by atoms with van der Waals surface area (Å²) >= 11 is 0. The first-order chi connectivity index (χ1) is 10.9. The van der Waals surface area contributed by atoms with Crippen LogP contribution in [0, 0.1) is 0 Å². The van der Waals surface area contributed by atoms with Gasteiger partial charge in [0.25, 0.3) is 11.5 Å². The number of carbonyl (C=O) groups is 1. The molecule has 0 aliphatic heterocycles. The molecule has 0 radical (unpaired) electrons. The van der Waals surface area contributed by atoms with E-state index < -0.39 is 17.6 Å². The van der Waals surface area contributed by atoms with E-state index in [9.17, 15) is 22.8 Å². The summed E-state index contributed by atoms with van der Waals surface area (Å²) < 4.78 is 38.8. The van der Waals surface area contributed by atoms with E-state index in [2.05, 4.69) is 10.5 Å². The number of nitrogens with zero attached hydrogens (tertiary/aromatic N) is 2. The maximum Gasteiger partial charge on any atom is 0.416 e. The molecular formula is C15H12F3N3O2. The minimum atomic E-state index is -4.44. The topological polar surface area (TPSA) is 63.5 Å². The van der Waals surface area contributed by atoms with Crippen LogP contribution in [0.3, 0.4) is 0 Å². The van der Waals surface area contributed by atoms with Gasteiger partial charge in [0.1, 0.15) is 6.54 Å². The maximum atomic E-state index is 12.6. The van der Waals surface area contributed by atoms with Gasteiger partial charge in [0.15, 0.2) is 0 Å². The van der Waals surface area contributed by atoms with E-state index in [0.29, 0.717) is 0 Å². The summed E-state index contributed by atoms with van der Waals surface area (Å²) in [7, 11) is 0. The number of hydrogen-bond donors (Lipinski definition) is 1. The largest absolute Gasteiger partial charge is 0.416 e. The molecule has 8 heteroatoms. The third-order valence-electron chi connectivity index (χ3n) is 2.83. The van der Waals surface area contributed by atoms with Crippen LogP contribution in [-0.4, -0.2) is 16.7 Å². The fourth-order valence-electron chi connectivity index (χ4n) is 1.76. The summed E-state index contributed by atoms with van der Waals surface area (Å²) in [5.74, 6) is -0.568. The average Bonchev–Trinajstić information content (AvgIpc) is 2.49. The van der Waals surface area contributed by atoms with Crippen LogP contribution in [0.25, 0.3) is 0 Å². The van der Waals surface area contributed by atoms with Crippen molar-refractivity contribution >= 4 is 12.1 Å². The lowest BCUT2D eigenvalue weighted by atomic mass is 10.1. The Balaban J connectivity index is 1.98. The van der Waals surface area contributed by atoms with E-state index in [1.165, 1.54) is 29.0 Å². The van der Waals surface area contributed by atoms with Gasteiger partial charge < -0.3 is 4.57 Å². The summed E-state index contributed by atoms with van der Waals surface area (Å²) in [6.07, 6.45) is -1.90. The summed E-state index contributed by atoms with van der Waals surface area (Å²) in [6, 6.07) is 8.97. The van der Waals surface area contributed by atoms with E-state index >= 15 is 0 Å². The number of carbonyl (C=O) groups excluding carboxylic acids is 1. The van der Waals surface area contributed by atoms with E-state index in [1.54, 1.807) is 12.1 Å². The van der Waals surface area contributed by atoms with Crippen LogP contribution < -0.4 is 11.0 Å². The predicted octanol–water partition coefficient (Wildman–Crippen LogP) is 2.02. The van der Waals surface area contributed by atoms with Crippen molar-refractivity contribution in [3.63, 3.8) is 0 Å². The van der Waals surface area contributed by atoms with Gasteiger partial charge in [-0.2, -0.15) is 18.3 Å². The van der Waals surface area contributed by atoms with Crippen molar-refractivity contribution in [1.82, 2.24) is 9.99 Å². The lowest BCUT2D eigenvalue weighted by Gasteiger charge is -2.06. The van der Waals surface area contributed by atoms with Crippen molar-refractivity contribution in [2.75, 3.05) is 0 Å². The number of nitrogens with one attached hydrogen (secondary N) is 1. The summed E-state index contributed by atoms with van der Waals surface area (Å²) in [5, 5.41) is 3.58. The number of alkyl halides is 3. The Morgan fingerprint density at radius 2 is 2.00 bits per heavy atom. The third kappa shape index (κ3) is 4.80. The number of rotatable bonds is 4. The lowest BCUT2D eigenvalue weighted by Crippen LogP contribution is -2.28.